The van der Waals surface area contributed by atoms with Gasteiger partial charge >= 0.3 is 0 Å². The SMILES string of the molecule is CCCNC(=O)CN1C(=O)C2C3C=CC(C3)C2C1=O. The van der Waals surface area contributed by atoms with E-state index in [2.05, 4.69) is 17.5 Å². The molecule has 3 amide bonds. The number of nitrogens with one attached hydrogen (secondary N) is 1. The molecule has 2 bridgehead atoms. The van der Waals surface area contributed by atoms with E-state index in [0.717, 1.165) is 17.7 Å². The number of allylic oxidation sites excluding steroid dienone is 2. The number of imide groups is 1. The highest BCUT2D eigenvalue weighted by Gasteiger charge is 2.59. The van der Waals surface area contributed by atoms with E-state index < -0.39 is 0 Å². The van der Waals surface area contributed by atoms with Crippen LogP contribution in [0.1, 0.15) is 19.8 Å². The molecule has 1 N–H and O–H groups in total. The maximum atomic E-state index is 12.3. The second-order valence-electron chi connectivity index (χ2n) is 5.61. The summed E-state index contributed by atoms with van der Waals surface area (Å²) in [5.41, 5.74) is 0. The molecule has 102 valence electrons. The van der Waals surface area contributed by atoms with Crippen molar-refractivity contribution in [1.82, 2.24) is 10.2 Å². The number of carbonyl (C=O) groups is 3. The van der Waals surface area contributed by atoms with Crippen molar-refractivity contribution in [3.05, 3.63) is 12.2 Å². The van der Waals surface area contributed by atoms with Crippen LogP contribution in [0.3, 0.4) is 0 Å². The van der Waals surface area contributed by atoms with E-state index >= 15 is 0 Å². The molecule has 0 aromatic carbocycles. The molecule has 3 rings (SSSR count). The molecule has 0 aromatic heterocycles. The van der Waals surface area contributed by atoms with E-state index in [1.165, 1.54) is 0 Å². The van der Waals surface area contributed by atoms with Crippen LogP contribution >= 0.6 is 0 Å². The molecule has 4 atom stereocenters. The molecule has 2 fully saturated rings. The summed E-state index contributed by atoms with van der Waals surface area (Å²) < 4.78 is 0. The largest absolute Gasteiger partial charge is 0.355 e. The van der Waals surface area contributed by atoms with E-state index in [-0.39, 0.29) is 47.9 Å². The second kappa shape index (κ2) is 4.47. The van der Waals surface area contributed by atoms with Crippen molar-refractivity contribution in [2.24, 2.45) is 23.7 Å². The van der Waals surface area contributed by atoms with Gasteiger partial charge in [-0.2, -0.15) is 0 Å². The van der Waals surface area contributed by atoms with E-state index in [1.807, 2.05) is 6.92 Å². The highest BCUT2D eigenvalue weighted by Crippen LogP contribution is 2.52. The van der Waals surface area contributed by atoms with Crippen LogP contribution in [0.25, 0.3) is 0 Å². The molecule has 0 spiro atoms. The van der Waals surface area contributed by atoms with Crippen molar-refractivity contribution in [1.29, 1.82) is 0 Å². The Labute approximate surface area is 112 Å². The average Bonchev–Trinajstić information content (AvgIpc) is 3.06. The van der Waals surface area contributed by atoms with Gasteiger partial charge in [-0.25, -0.2) is 0 Å². The lowest BCUT2D eigenvalue weighted by atomic mass is 9.85. The first-order chi connectivity index (χ1) is 9.13. The van der Waals surface area contributed by atoms with Gasteiger partial charge in [0.2, 0.25) is 17.7 Å². The fourth-order valence-electron chi connectivity index (χ4n) is 3.58. The van der Waals surface area contributed by atoms with Gasteiger partial charge < -0.3 is 5.32 Å². The number of amides is 3. The Hall–Kier alpha value is -1.65. The molecule has 1 heterocycles. The van der Waals surface area contributed by atoms with E-state index in [4.69, 9.17) is 0 Å². The molecule has 1 saturated heterocycles. The smallest absolute Gasteiger partial charge is 0.240 e. The Morgan fingerprint density at radius 2 is 1.84 bits per heavy atom. The molecule has 0 radical (unpaired) electrons. The summed E-state index contributed by atoms with van der Waals surface area (Å²) in [5, 5.41) is 2.70. The first kappa shape index (κ1) is 12.4. The Morgan fingerprint density at radius 3 is 2.37 bits per heavy atom. The molecule has 3 aliphatic rings. The van der Waals surface area contributed by atoms with Gasteiger partial charge in [-0.3, -0.25) is 19.3 Å². The monoisotopic (exact) mass is 262 g/mol. The minimum atomic E-state index is -0.246. The lowest BCUT2D eigenvalue weighted by Gasteiger charge is -2.16. The number of rotatable bonds is 4. The van der Waals surface area contributed by atoms with Crippen LogP contribution in [0.5, 0.6) is 0 Å². The summed E-state index contributed by atoms with van der Waals surface area (Å²) in [5.74, 6) is -0.561. The summed E-state index contributed by atoms with van der Waals surface area (Å²) in [6.45, 7) is 2.42. The van der Waals surface area contributed by atoms with Gasteiger partial charge in [0.25, 0.3) is 0 Å². The van der Waals surface area contributed by atoms with Gasteiger partial charge in [0.1, 0.15) is 6.54 Å². The standard InChI is InChI=1S/C14H18N2O3/c1-2-5-15-10(17)7-16-13(18)11-8-3-4-9(6-8)12(11)14(16)19/h3-4,8-9,11-12H,2,5-7H2,1H3,(H,15,17). The second-order valence-corrected chi connectivity index (χ2v) is 5.61. The molecule has 1 aliphatic heterocycles. The fraction of sp³-hybridized carbons (Fsp3) is 0.643. The Bertz CT molecular complexity index is 441. The third-order valence-corrected chi connectivity index (χ3v) is 4.44. The Morgan fingerprint density at radius 1 is 1.26 bits per heavy atom. The van der Waals surface area contributed by atoms with Crippen LogP contribution in [0.4, 0.5) is 0 Å². The summed E-state index contributed by atoms with van der Waals surface area (Å²) in [7, 11) is 0. The Kier molecular flexibility index (Phi) is 2.92. The summed E-state index contributed by atoms with van der Waals surface area (Å²) in [6.07, 6.45) is 5.87. The molecule has 2 aliphatic carbocycles. The minimum Gasteiger partial charge on any atom is -0.355 e. The maximum Gasteiger partial charge on any atom is 0.240 e. The van der Waals surface area contributed by atoms with Crippen molar-refractivity contribution in [3.8, 4) is 0 Å². The molecule has 5 heteroatoms. The summed E-state index contributed by atoms with van der Waals surface area (Å²) >= 11 is 0. The maximum absolute atomic E-state index is 12.3. The van der Waals surface area contributed by atoms with Crippen molar-refractivity contribution in [3.63, 3.8) is 0 Å². The third-order valence-electron chi connectivity index (χ3n) is 4.44. The highest BCUT2D eigenvalue weighted by atomic mass is 16.2. The Balaban J connectivity index is 1.70. The first-order valence-corrected chi connectivity index (χ1v) is 6.93. The van der Waals surface area contributed by atoms with Crippen molar-refractivity contribution < 1.29 is 14.4 Å². The zero-order chi connectivity index (χ0) is 13.6. The zero-order valence-electron chi connectivity index (χ0n) is 11.0. The average molecular weight is 262 g/mol. The molecule has 0 aromatic rings. The number of fused-ring (bicyclic) bond motifs is 5. The van der Waals surface area contributed by atoms with Gasteiger partial charge in [0.05, 0.1) is 11.8 Å². The molecule has 5 nitrogen and oxygen atoms in total. The van der Waals surface area contributed by atoms with Crippen molar-refractivity contribution >= 4 is 17.7 Å². The van der Waals surface area contributed by atoms with Gasteiger partial charge in [-0.15, -0.1) is 0 Å². The molecule has 1 saturated carbocycles. The topological polar surface area (TPSA) is 66.5 Å². The van der Waals surface area contributed by atoms with Gasteiger partial charge in [-0.1, -0.05) is 19.1 Å². The first-order valence-electron chi connectivity index (χ1n) is 6.93. The minimum absolute atomic E-state index is 0.121. The highest BCUT2D eigenvalue weighted by molar-refractivity contribution is 6.08. The third kappa shape index (κ3) is 1.79. The van der Waals surface area contributed by atoms with Crippen molar-refractivity contribution in [2.75, 3.05) is 13.1 Å². The van der Waals surface area contributed by atoms with E-state index in [1.54, 1.807) is 0 Å². The normalized spacial score (nSPS) is 35.1. The van der Waals surface area contributed by atoms with Crippen LogP contribution < -0.4 is 5.32 Å². The predicted molar refractivity (Wildman–Crippen MR) is 67.7 cm³/mol. The molecule has 4 unspecified atom stereocenters. The fourth-order valence-corrected chi connectivity index (χ4v) is 3.58. The lowest BCUT2D eigenvalue weighted by Crippen LogP contribution is -2.42. The van der Waals surface area contributed by atoms with Crippen molar-refractivity contribution in [2.45, 2.75) is 19.8 Å². The lowest BCUT2D eigenvalue weighted by molar-refractivity contribution is -0.144. The quantitative estimate of drug-likeness (QED) is 0.586. The van der Waals surface area contributed by atoms with Crippen LogP contribution in [-0.4, -0.2) is 35.7 Å². The summed E-state index contributed by atoms with van der Waals surface area (Å²) in [4.78, 5) is 37.4. The number of carbonyl (C=O) groups excluding carboxylic acids is 3. The number of hydrogen-bond donors (Lipinski definition) is 1. The van der Waals surface area contributed by atoms with Gasteiger partial charge in [0, 0.05) is 6.54 Å². The summed E-state index contributed by atoms with van der Waals surface area (Å²) in [6, 6.07) is 0. The van der Waals surface area contributed by atoms with E-state index in [0.29, 0.717) is 6.54 Å². The predicted octanol–water partition coefficient (Wildman–Crippen LogP) is 0.320. The number of likely N-dealkylation sites (tertiary alicyclic amines) is 1. The number of hydrogen-bond acceptors (Lipinski definition) is 3. The van der Waals surface area contributed by atoms with Gasteiger partial charge in [0.15, 0.2) is 0 Å². The van der Waals surface area contributed by atoms with E-state index in [9.17, 15) is 14.4 Å². The van der Waals surface area contributed by atoms with Crippen LogP contribution in [0.15, 0.2) is 12.2 Å². The number of nitrogens with zero attached hydrogens (tertiary/aromatic N) is 1. The van der Waals surface area contributed by atoms with Crippen LogP contribution in [0.2, 0.25) is 0 Å². The molecular weight excluding hydrogens is 244 g/mol. The van der Waals surface area contributed by atoms with Crippen LogP contribution in [0, 0.1) is 23.7 Å². The van der Waals surface area contributed by atoms with Gasteiger partial charge in [-0.05, 0) is 24.7 Å². The van der Waals surface area contributed by atoms with Crippen LogP contribution in [-0.2, 0) is 14.4 Å². The molecule has 19 heavy (non-hydrogen) atoms. The zero-order valence-corrected chi connectivity index (χ0v) is 11.0. The molecular formula is C14H18N2O3.